The summed E-state index contributed by atoms with van der Waals surface area (Å²) in [6.07, 6.45) is 4.28. The van der Waals surface area contributed by atoms with E-state index in [4.69, 9.17) is 10.00 Å². The molecule has 0 saturated carbocycles. The summed E-state index contributed by atoms with van der Waals surface area (Å²) in [7, 11) is 0. The first-order chi connectivity index (χ1) is 11.2. The van der Waals surface area contributed by atoms with Crippen LogP contribution in [-0.4, -0.2) is 22.7 Å². The molecule has 0 aliphatic heterocycles. The van der Waals surface area contributed by atoms with Crippen molar-refractivity contribution in [2.45, 2.75) is 32.6 Å². The quantitative estimate of drug-likeness (QED) is 0.751. The molecule has 2 aromatic rings. The van der Waals surface area contributed by atoms with Gasteiger partial charge in [0.25, 0.3) is 5.91 Å². The molecule has 2 rings (SSSR count). The van der Waals surface area contributed by atoms with Crippen LogP contribution in [0.2, 0.25) is 0 Å². The van der Waals surface area contributed by atoms with E-state index < -0.39 is 0 Å². The summed E-state index contributed by atoms with van der Waals surface area (Å²) < 4.78 is 5.37. The normalized spacial score (nSPS) is 10.1. The van der Waals surface area contributed by atoms with Crippen molar-refractivity contribution in [2.75, 3.05) is 11.9 Å². The van der Waals surface area contributed by atoms with Crippen molar-refractivity contribution in [3.05, 3.63) is 34.8 Å². The van der Waals surface area contributed by atoms with Crippen LogP contribution in [0.3, 0.4) is 0 Å². The number of amides is 1. The topological polar surface area (TPSA) is 87.9 Å². The van der Waals surface area contributed by atoms with Gasteiger partial charge >= 0.3 is 0 Å². The van der Waals surface area contributed by atoms with Crippen LogP contribution in [0, 0.1) is 11.3 Å². The van der Waals surface area contributed by atoms with Gasteiger partial charge in [-0.3, -0.25) is 10.1 Å². The molecule has 0 bridgehead atoms. The molecule has 1 aromatic carbocycles. The maximum absolute atomic E-state index is 11.9. The summed E-state index contributed by atoms with van der Waals surface area (Å²) in [5.74, 6) is 0.0664. The molecule has 0 fully saturated rings. The molecule has 6 nitrogen and oxygen atoms in total. The highest BCUT2D eigenvalue weighted by Crippen LogP contribution is 2.18. The van der Waals surface area contributed by atoms with Gasteiger partial charge in [-0.1, -0.05) is 43.2 Å². The van der Waals surface area contributed by atoms with Crippen LogP contribution in [0.4, 0.5) is 5.13 Å². The van der Waals surface area contributed by atoms with Crippen LogP contribution < -0.4 is 10.1 Å². The zero-order valence-electron chi connectivity index (χ0n) is 12.9. The number of hydrogen-bond acceptors (Lipinski definition) is 6. The third-order valence-electron chi connectivity index (χ3n) is 3.07. The molecule has 0 spiro atoms. The van der Waals surface area contributed by atoms with E-state index in [0.717, 1.165) is 30.7 Å². The van der Waals surface area contributed by atoms with Gasteiger partial charge in [-0.2, -0.15) is 5.26 Å². The second-order valence-corrected chi connectivity index (χ2v) is 5.96. The first kappa shape index (κ1) is 16.9. The van der Waals surface area contributed by atoms with Gasteiger partial charge in [-0.25, -0.2) is 0 Å². The average Bonchev–Trinajstić information content (AvgIpc) is 3.00. The van der Waals surface area contributed by atoms with E-state index in [1.54, 1.807) is 24.3 Å². The molecule has 0 saturated heterocycles. The number of para-hydroxylation sites is 1. The number of aryl methyl sites for hydroxylation is 1. The Morgan fingerprint density at radius 1 is 1.35 bits per heavy atom. The van der Waals surface area contributed by atoms with Crippen molar-refractivity contribution >= 4 is 22.4 Å². The number of aromatic nitrogens is 2. The highest BCUT2D eigenvalue weighted by molar-refractivity contribution is 7.15. The third-order valence-corrected chi connectivity index (χ3v) is 3.97. The number of unbranched alkanes of at least 4 members (excludes halogenated alkanes) is 2. The maximum atomic E-state index is 11.9. The number of carbonyl (C=O) groups excluding carboxylic acids is 1. The van der Waals surface area contributed by atoms with Gasteiger partial charge in [-0.05, 0) is 18.6 Å². The summed E-state index contributed by atoms with van der Waals surface area (Å²) in [5, 5.41) is 21.0. The van der Waals surface area contributed by atoms with Crippen molar-refractivity contribution in [2.24, 2.45) is 0 Å². The predicted octanol–water partition coefficient (Wildman–Crippen LogP) is 3.16. The molecule has 1 heterocycles. The third kappa shape index (κ3) is 5.34. The van der Waals surface area contributed by atoms with E-state index in [1.807, 2.05) is 6.07 Å². The van der Waals surface area contributed by atoms with E-state index in [-0.39, 0.29) is 12.5 Å². The summed E-state index contributed by atoms with van der Waals surface area (Å²) in [5.41, 5.74) is 0.398. The number of carbonyl (C=O) groups is 1. The molecular formula is C16H18N4O2S. The Labute approximate surface area is 139 Å². The predicted molar refractivity (Wildman–Crippen MR) is 88.4 cm³/mol. The van der Waals surface area contributed by atoms with Crippen molar-refractivity contribution < 1.29 is 9.53 Å². The minimum atomic E-state index is -0.325. The Balaban J connectivity index is 1.82. The molecule has 120 valence electrons. The van der Waals surface area contributed by atoms with Gasteiger partial charge in [0.2, 0.25) is 5.13 Å². The Bertz CT molecular complexity index is 693. The van der Waals surface area contributed by atoms with Gasteiger partial charge in [-0.15, -0.1) is 10.2 Å². The van der Waals surface area contributed by atoms with Crippen molar-refractivity contribution in [3.63, 3.8) is 0 Å². The fourth-order valence-electron chi connectivity index (χ4n) is 1.91. The number of hydrogen-bond donors (Lipinski definition) is 1. The number of rotatable bonds is 8. The fourth-order valence-corrected chi connectivity index (χ4v) is 2.71. The largest absolute Gasteiger partial charge is 0.482 e. The number of anilines is 1. The molecule has 1 aromatic heterocycles. The Morgan fingerprint density at radius 2 is 2.17 bits per heavy atom. The summed E-state index contributed by atoms with van der Waals surface area (Å²) in [6.45, 7) is 1.97. The van der Waals surface area contributed by atoms with Crippen LogP contribution in [0.1, 0.15) is 36.8 Å². The van der Waals surface area contributed by atoms with E-state index in [2.05, 4.69) is 22.4 Å². The molecule has 0 aliphatic rings. The number of benzene rings is 1. The smallest absolute Gasteiger partial charge is 0.264 e. The summed E-state index contributed by atoms with van der Waals surface area (Å²) in [4.78, 5) is 11.9. The van der Waals surface area contributed by atoms with E-state index in [0.29, 0.717) is 16.4 Å². The number of nitriles is 1. The first-order valence-corrected chi connectivity index (χ1v) is 8.28. The van der Waals surface area contributed by atoms with Crippen LogP contribution in [0.25, 0.3) is 0 Å². The molecule has 0 unspecified atom stereocenters. The maximum Gasteiger partial charge on any atom is 0.264 e. The molecule has 0 aliphatic carbocycles. The van der Waals surface area contributed by atoms with Gasteiger partial charge in [0, 0.05) is 6.42 Å². The number of nitrogens with zero attached hydrogens (tertiary/aromatic N) is 3. The molecule has 1 amide bonds. The highest BCUT2D eigenvalue weighted by atomic mass is 32.1. The van der Waals surface area contributed by atoms with E-state index in [9.17, 15) is 4.79 Å². The second kappa shape index (κ2) is 8.86. The van der Waals surface area contributed by atoms with Crippen LogP contribution >= 0.6 is 11.3 Å². The second-order valence-electron chi connectivity index (χ2n) is 4.90. The minimum absolute atomic E-state index is 0.177. The van der Waals surface area contributed by atoms with Gasteiger partial charge in [0.1, 0.15) is 16.8 Å². The Hall–Kier alpha value is -2.46. The van der Waals surface area contributed by atoms with Crippen LogP contribution in [-0.2, 0) is 11.2 Å². The zero-order chi connectivity index (χ0) is 16.5. The average molecular weight is 330 g/mol. The molecular weight excluding hydrogens is 312 g/mol. The van der Waals surface area contributed by atoms with Crippen molar-refractivity contribution in [3.8, 4) is 11.8 Å². The van der Waals surface area contributed by atoms with E-state index in [1.165, 1.54) is 11.3 Å². The lowest BCUT2D eigenvalue weighted by molar-refractivity contribution is -0.118. The molecule has 7 heteroatoms. The van der Waals surface area contributed by atoms with Crippen molar-refractivity contribution in [1.29, 1.82) is 5.26 Å². The van der Waals surface area contributed by atoms with Gasteiger partial charge < -0.3 is 4.74 Å². The number of nitrogens with one attached hydrogen (secondary N) is 1. The highest BCUT2D eigenvalue weighted by Gasteiger charge is 2.10. The SMILES string of the molecule is CCCCCc1nnc(NC(=O)COc2ccccc2C#N)s1. The summed E-state index contributed by atoms with van der Waals surface area (Å²) >= 11 is 1.38. The van der Waals surface area contributed by atoms with Crippen LogP contribution in [0.15, 0.2) is 24.3 Å². The zero-order valence-corrected chi connectivity index (χ0v) is 13.7. The lowest BCUT2D eigenvalue weighted by atomic mass is 10.2. The molecule has 23 heavy (non-hydrogen) atoms. The first-order valence-electron chi connectivity index (χ1n) is 7.47. The lowest BCUT2D eigenvalue weighted by Gasteiger charge is -2.06. The standard InChI is InChI=1S/C16H18N4O2S/c1-2-3-4-9-15-19-20-16(23-15)18-14(21)11-22-13-8-6-5-7-12(13)10-17/h5-8H,2-4,9,11H2,1H3,(H,18,20,21). The Kier molecular flexibility index (Phi) is 6.51. The summed E-state index contributed by atoms with van der Waals surface area (Å²) in [6, 6.07) is 8.81. The lowest BCUT2D eigenvalue weighted by Crippen LogP contribution is -2.20. The number of ether oxygens (including phenoxy) is 1. The van der Waals surface area contributed by atoms with Gasteiger partial charge in [0.15, 0.2) is 6.61 Å². The van der Waals surface area contributed by atoms with Gasteiger partial charge in [0.05, 0.1) is 5.56 Å². The Morgan fingerprint density at radius 3 is 2.96 bits per heavy atom. The molecule has 0 atom stereocenters. The minimum Gasteiger partial charge on any atom is -0.482 e. The fraction of sp³-hybridized carbons (Fsp3) is 0.375. The molecule has 1 N–H and O–H groups in total. The van der Waals surface area contributed by atoms with Crippen LogP contribution in [0.5, 0.6) is 5.75 Å². The molecule has 0 radical (unpaired) electrons. The van der Waals surface area contributed by atoms with E-state index >= 15 is 0 Å². The monoisotopic (exact) mass is 330 g/mol. The van der Waals surface area contributed by atoms with Crippen molar-refractivity contribution in [1.82, 2.24) is 10.2 Å².